The van der Waals surface area contributed by atoms with Crippen LogP contribution in [0.25, 0.3) is 10.2 Å². The Balaban J connectivity index is 0.00000240. The Labute approximate surface area is 188 Å². The molecule has 1 aromatic carbocycles. The van der Waals surface area contributed by atoms with Crippen molar-refractivity contribution in [3.05, 3.63) is 63.3 Å². The first kappa shape index (κ1) is 21.8. The molecule has 0 spiro atoms. The molecule has 4 rings (SSSR count). The monoisotopic (exact) mass is 466 g/mol. The van der Waals surface area contributed by atoms with Crippen LogP contribution in [0.3, 0.4) is 0 Å². The molecular formula is C20H20Cl2N4OS2. The largest absolute Gasteiger partial charge is 0.337 e. The molecule has 0 radical (unpaired) electrons. The molecule has 5 nitrogen and oxygen atoms in total. The van der Waals surface area contributed by atoms with Gasteiger partial charge in [0.15, 0.2) is 5.13 Å². The second kappa shape index (κ2) is 9.26. The highest BCUT2D eigenvalue weighted by Gasteiger charge is 2.23. The molecule has 0 N–H and O–H groups in total. The molecule has 4 aromatic rings. The minimum absolute atomic E-state index is 0. The predicted molar refractivity (Wildman–Crippen MR) is 124 cm³/mol. The molecule has 3 aromatic heterocycles. The summed E-state index contributed by atoms with van der Waals surface area (Å²) >= 11 is 8.92. The minimum Gasteiger partial charge on any atom is -0.337 e. The number of aryl methyl sites for hydroxylation is 3. The molecule has 0 aliphatic carbocycles. The van der Waals surface area contributed by atoms with E-state index >= 15 is 0 Å². The highest BCUT2D eigenvalue weighted by atomic mass is 35.5. The second-order valence-electron chi connectivity index (χ2n) is 6.64. The van der Waals surface area contributed by atoms with Gasteiger partial charge in [0.2, 0.25) is 0 Å². The number of imidazole rings is 1. The topological polar surface area (TPSA) is 51.0 Å². The van der Waals surface area contributed by atoms with Crippen molar-refractivity contribution in [1.82, 2.24) is 14.5 Å². The number of anilines is 1. The maximum absolute atomic E-state index is 13.2. The Morgan fingerprint density at radius 1 is 1.24 bits per heavy atom. The number of carbonyl (C=O) groups excluding carboxylic acids is 1. The van der Waals surface area contributed by atoms with Crippen molar-refractivity contribution in [3.63, 3.8) is 0 Å². The molecule has 0 aliphatic heterocycles. The number of carbonyl (C=O) groups is 1. The zero-order chi connectivity index (χ0) is 19.7. The van der Waals surface area contributed by atoms with E-state index in [1.54, 1.807) is 40.9 Å². The summed E-state index contributed by atoms with van der Waals surface area (Å²) in [7, 11) is 0. The molecule has 0 bridgehead atoms. The first-order chi connectivity index (χ1) is 13.5. The number of halogens is 2. The highest BCUT2D eigenvalue weighted by Crippen LogP contribution is 2.34. The molecule has 1 amide bonds. The molecule has 0 saturated carbocycles. The highest BCUT2D eigenvalue weighted by molar-refractivity contribution is 7.22. The Hall–Kier alpha value is -1.93. The third-order valence-electron chi connectivity index (χ3n) is 4.43. The van der Waals surface area contributed by atoms with Crippen molar-refractivity contribution in [1.29, 1.82) is 0 Å². The third kappa shape index (κ3) is 4.80. The van der Waals surface area contributed by atoms with Crippen molar-refractivity contribution in [3.8, 4) is 0 Å². The van der Waals surface area contributed by atoms with Gasteiger partial charge in [-0.25, -0.2) is 9.97 Å². The molecule has 152 valence electrons. The van der Waals surface area contributed by atoms with E-state index in [0.29, 0.717) is 15.8 Å². The lowest BCUT2D eigenvalue weighted by molar-refractivity contribution is 0.0990. The number of amides is 1. The fraction of sp³-hybridized carbons (Fsp3) is 0.250. The minimum atomic E-state index is -0.0593. The van der Waals surface area contributed by atoms with Crippen LogP contribution in [-0.2, 0) is 6.54 Å². The van der Waals surface area contributed by atoms with Gasteiger partial charge < -0.3 is 4.57 Å². The molecule has 0 atom stereocenters. The number of aromatic nitrogens is 3. The van der Waals surface area contributed by atoms with E-state index in [4.69, 9.17) is 16.6 Å². The number of benzene rings is 1. The summed E-state index contributed by atoms with van der Waals surface area (Å²) in [4.78, 5) is 24.5. The lowest BCUT2D eigenvalue weighted by atomic mass is 10.1. The fourth-order valence-electron chi connectivity index (χ4n) is 3.16. The number of thiazole rings is 1. The zero-order valence-corrected chi connectivity index (χ0v) is 19.2. The average Bonchev–Trinajstić information content (AvgIpc) is 3.38. The van der Waals surface area contributed by atoms with Gasteiger partial charge in [0.05, 0.1) is 25.8 Å². The van der Waals surface area contributed by atoms with Gasteiger partial charge in [-0.2, -0.15) is 0 Å². The van der Waals surface area contributed by atoms with Crippen LogP contribution in [0.2, 0.25) is 4.34 Å². The molecule has 0 aliphatic rings. The van der Waals surface area contributed by atoms with Gasteiger partial charge in [0.25, 0.3) is 5.91 Å². The van der Waals surface area contributed by atoms with Crippen LogP contribution in [0.4, 0.5) is 5.13 Å². The lowest BCUT2D eigenvalue weighted by Gasteiger charge is -2.19. The number of fused-ring (bicyclic) bond motifs is 1. The van der Waals surface area contributed by atoms with Crippen LogP contribution >= 0.6 is 46.7 Å². The van der Waals surface area contributed by atoms with Gasteiger partial charge in [-0.15, -0.1) is 23.7 Å². The summed E-state index contributed by atoms with van der Waals surface area (Å²) in [6.45, 7) is 5.51. The summed E-state index contributed by atoms with van der Waals surface area (Å²) in [6.07, 6.45) is 6.27. The SMILES string of the molecule is Cc1cc(C)c2sc(N(CCCn3ccnc3)C(=O)c3ccc(Cl)s3)nc2c1.Cl. The zero-order valence-electron chi connectivity index (χ0n) is 16.0. The molecule has 3 heterocycles. The van der Waals surface area contributed by atoms with Crippen molar-refractivity contribution >= 4 is 67.9 Å². The van der Waals surface area contributed by atoms with E-state index < -0.39 is 0 Å². The van der Waals surface area contributed by atoms with E-state index in [1.165, 1.54) is 22.5 Å². The normalized spacial score (nSPS) is 10.9. The van der Waals surface area contributed by atoms with Crippen LogP contribution in [-0.4, -0.2) is 27.0 Å². The third-order valence-corrected chi connectivity index (χ3v) is 6.87. The summed E-state index contributed by atoms with van der Waals surface area (Å²) in [5.74, 6) is -0.0593. The van der Waals surface area contributed by atoms with E-state index in [2.05, 4.69) is 31.0 Å². The predicted octanol–water partition coefficient (Wildman–Crippen LogP) is 5.98. The average molecular weight is 467 g/mol. The Kier molecular flexibility index (Phi) is 6.95. The van der Waals surface area contributed by atoms with E-state index in [-0.39, 0.29) is 18.3 Å². The van der Waals surface area contributed by atoms with Crippen molar-refractivity contribution in [2.45, 2.75) is 26.8 Å². The van der Waals surface area contributed by atoms with Gasteiger partial charge in [-0.1, -0.05) is 29.0 Å². The Bertz CT molecular complexity index is 1120. The maximum Gasteiger partial charge on any atom is 0.270 e. The van der Waals surface area contributed by atoms with Crippen molar-refractivity contribution in [2.24, 2.45) is 0 Å². The number of nitrogens with zero attached hydrogens (tertiary/aromatic N) is 4. The quantitative estimate of drug-likeness (QED) is 0.350. The Morgan fingerprint density at radius 2 is 2.07 bits per heavy atom. The summed E-state index contributed by atoms with van der Waals surface area (Å²) < 4.78 is 3.74. The number of hydrogen-bond acceptors (Lipinski definition) is 5. The molecule has 0 fully saturated rings. The molecule has 0 saturated heterocycles. The van der Waals surface area contributed by atoms with E-state index in [9.17, 15) is 4.79 Å². The smallest absolute Gasteiger partial charge is 0.270 e. The van der Waals surface area contributed by atoms with Crippen LogP contribution in [0.5, 0.6) is 0 Å². The van der Waals surface area contributed by atoms with Crippen LogP contribution in [0.1, 0.15) is 27.2 Å². The molecule has 29 heavy (non-hydrogen) atoms. The Morgan fingerprint density at radius 3 is 2.76 bits per heavy atom. The van der Waals surface area contributed by atoms with Gasteiger partial charge in [0, 0.05) is 25.5 Å². The molecule has 9 heteroatoms. The van der Waals surface area contributed by atoms with E-state index in [1.807, 2.05) is 10.8 Å². The summed E-state index contributed by atoms with van der Waals surface area (Å²) in [6, 6.07) is 7.75. The number of thiophene rings is 1. The summed E-state index contributed by atoms with van der Waals surface area (Å²) in [5.41, 5.74) is 3.29. The van der Waals surface area contributed by atoms with Gasteiger partial charge in [-0.05, 0) is 49.6 Å². The van der Waals surface area contributed by atoms with Crippen molar-refractivity contribution < 1.29 is 4.79 Å². The van der Waals surface area contributed by atoms with Crippen LogP contribution < -0.4 is 4.90 Å². The first-order valence-electron chi connectivity index (χ1n) is 8.92. The van der Waals surface area contributed by atoms with Gasteiger partial charge in [-0.3, -0.25) is 9.69 Å². The van der Waals surface area contributed by atoms with Gasteiger partial charge in [0.1, 0.15) is 0 Å². The lowest BCUT2D eigenvalue weighted by Crippen LogP contribution is -2.31. The number of hydrogen-bond donors (Lipinski definition) is 0. The fourth-order valence-corrected chi connectivity index (χ4v) is 5.19. The van der Waals surface area contributed by atoms with Crippen LogP contribution in [0.15, 0.2) is 43.0 Å². The summed E-state index contributed by atoms with van der Waals surface area (Å²) in [5, 5.41) is 0.726. The maximum atomic E-state index is 13.2. The van der Waals surface area contributed by atoms with Crippen molar-refractivity contribution in [2.75, 3.05) is 11.4 Å². The first-order valence-corrected chi connectivity index (χ1v) is 10.9. The van der Waals surface area contributed by atoms with Gasteiger partial charge >= 0.3 is 0 Å². The van der Waals surface area contributed by atoms with Crippen LogP contribution in [0, 0.1) is 13.8 Å². The molecular weight excluding hydrogens is 447 g/mol. The number of rotatable bonds is 6. The molecule has 0 unspecified atom stereocenters. The standard InChI is InChI=1S/C20H19ClN4OS2.ClH/c1-13-10-14(2)18-15(11-13)23-20(28-18)25(8-3-7-24-9-6-22-12-24)19(26)16-4-5-17(21)27-16;/h4-6,9-12H,3,7-8H2,1-2H3;1H. The second-order valence-corrected chi connectivity index (χ2v) is 9.33. The van der Waals surface area contributed by atoms with E-state index in [0.717, 1.165) is 28.3 Å².